The molecule has 0 aliphatic carbocycles. The molecule has 0 aromatic rings. The van der Waals surface area contributed by atoms with Gasteiger partial charge in [-0.25, -0.2) is 0 Å². The van der Waals surface area contributed by atoms with Gasteiger partial charge in [0, 0.05) is 0 Å². The zero-order valence-electron chi connectivity index (χ0n) is 9.36. The largest absolute Gasteiger partial charge is 0.673 e. The van der Waals surface area contributed by atoms with Gasteiger partial charge in [0.25, 0.3) is 0 Å². The zero-order chi connectivity index (χ0) is 11.8. The van der Waals surface area contributed by atoms with Crippen LogP contribution < -0.4 is 0 Å². The molecule has 0 fully saturated rings. The quantitative estimate of drug-likeness (QED) is 0.393. The lowest BCUT2D eigenvalue weighted by molar-refractivity contribution is -0.921. The average molecular weight is 233 g/mol. The molecule has 96 valence electrons. The van der Waals surface area contributed by atoms with Gasteiger partial charge < -0.3 is 21.7 Å². The molecule has 0 N–H and O–H groups in total. The molecule has 15 heavy (non-hydrogen) atoms. The summed E-state index contributed by atoms with van der Waals surface area (Å²) in [6.07, 6.45) is 0. The van der Waals surface area contributed by atoms with Gasteiger partial charge in [-0.15, -0.1) is 0 Å². The Balaban J connectivity index is -0.000000208. The Morgan fingerprint density at radius 2 is 0.867 bits per heavy atom. The fourth-order valence-electron chi connectivity index (χ4n) is 1.34. The van der Waals surface area contributed by atoms with E-state index in [2.05, 4.69) is 27.7 Å². The van der Waals surface area contributed by atoms with E-state index < -0.39 is 7.25 Å². The van der Waals surface area contributed by atoms with Crippen molar-refractivity contribution in [3.63, 3.8) is 0 Å². The van der Waals surface area contributed by atoms with E-state index >= 15 is 0 Å². The Morgan fingerprint density at radius 3 is 0.867 bits per heavy atom. The van der Waals surface area contributed by atoms with Crippen molar-refractivity contribution in [1.82, 2.24) is 0 Å². The maximum Gasteiger partial charge on any atom is 0.673 e. The van der Waals surface area contributed by atoms with Gasteiger partial charge in [0.15, 0.2) is 0 Å². The number of nitrogens with zero attached hydrogens (tertiary/aromatic N) is 1. The van der Waals surface area contributed by atoms with Gasteiger partial charge in [0.2, 0.25) is 0 Å². The zero-order valence-corrected chi connectivity index (χ0v) is 9.36. The molecular weight excluding hydrogens is 209 g/mol. The maximum atomic E-state index is 9.75. The summed E-state index contributed by atoms with van der Waals surface area (Å²) >= 11 is 0. The van der Waals surface area contributed by atoms with E-state index in [1.165, 1.54) is 30.7 Å². The van der Waals surface area contributed by atoms with Crippen molar-refractivity contribution in [2.24, 2.45) is 0 Å². The first-order chi connectivity index (χ1) is 6.24. The van der Waals surface area contributed by atoms with Crippen LogP contribution in [-0.2, 0) is 0 Å². The summed E-state index contributed by atoms with van der Waals surface area (Å²) in [5.41, 5.74) is 0. The van der Waals surface area contributed by atoms with Crippen LogP contribution in [0.2, 0.25) is 0 Å². The highest BCUT2D eigenvalue weighted by Crippen LogP contribution is 2.06. The van der Waals surface area contributed by atoms with Crippen LogP contribution in [0.5, 0.6) is 0 Å². The highest BCUT2D eigenvalue weighted by molar-refractivity contribution is 6.50. The van der Waals surface area contributed by atoms with Crippen LogP contribution in [0.4, 0.5) is 17.3 Å². The number of quaternary nitrogens is 1. The van der Waals surface area contributed by atoms with Gasteiger partial charge in [-0.2, -0.15) is 0 Å². The van der Waals surface area contributed by atoms with Crippen molar-refractivity contribution in [3.8, 4) is 0 Å². The summed E-state index contributed by atoms with van der Waals surface area (Å²) in [6.45, 7) is 14.2. The molecule has 0 radical (unpaired) electrons. The molecule has 0 rings (SSSR count). The van der Waals surface area contributed by atoms with E-state index in [1.807, 2.05) is 0 Å². The smallest absolute Gasteiger partial charge is 0.418 e. The van der Waals surface area contributed by atoms with Crippen molar-refractivity contribution in [3.05, 3.63) is 0 Å². The summed E-state index contributed by atoms with van der Waals surface area (Å²) in [5.74, 6) is 0. The van der Waals surface area contributed by atoms with Gasteiger partial charge in [0.05, 0.1) is 26.2 Å². The molecule has 0 aliphatic rings. The Labute approximate surface area is 91.2 Å². The molecule has 0 atom stereocenters. The first-order valence-corrected chi connectivity index (χ1v) is 4.97. The monoisotopic (exact) mass is 233 g/mol. The Kier molecular flexibility index (Phi) is 12.1. The SMILES string of the molecule is C.CC[N+](CC)(CC)CC.F[B-](F)(F)F. The molecule has 0 unspecified atom stereocenters. The topological polar surface area (TPSA) is 0 Å². The molecule has 0 saturated heterocycles. The van der Waals surface area contributed by atoms with Gasteiger partial charge in [-0.1, -0.05) is 7.43 Å². The predicted molar refractivity (Wildman–Crippen MR) is 59.3 cm³/mol. The molecule has 6 heteroatoms. The molecule has 0 bridgehead atoms. The van der Waals surface area contributed by atoms with Crippen LogP contribution in [0.25, 0.3) is 0 Å². The Hall–Kier alpha value is -0.255. The summed E-state index contributed by atoms with van der Waals surface area (Å²) in [4.78, 5) is 0. The highest BCUT2D eigenvalue weighted by atomic mass is 19.5. The molecule has 1 nitrogen and oxygen atoms in total. The number of hydrogen-bond acceptors (Lipinski definition) is 0. The van der Waals surface area contributed by atoms with E-state index in [1.54, 1.807) is 0 Å². The fourth-order valence-corrected chi connectivity index (χ4v) is 1.34. The molecule has 0 aromatic heterocycles. The van der Waals surface area contributed by atoms with E-state index in [0.717, 1.165) is 0 Å². The lowest BCUT2D eigenvalue weighted by atomic mass is 10.3. The van der Waals surface area contributed by atoms with Crippen LogP contribution >= 0.6 is 0 Å². The minimum absolute atomic E-state index is 0. The fraction of sp³-hybridized carbons (Fsp3) is 1.00. The normalized spacial score (nSPS) is 11.2. The minimum Gasteiger partial charge on any atom is -0.418 e. The number of hydrogen-bond donors (Lipinski definition) is 0. The van der Waals surface area contributed by atoms with Crippen LogP contribution in [0.3, 0.4) is 0 Å². The van der Waals surface area contributed by atoms with Gasteiger partial charge in [-0.05, 0) is 27.7 Å². The van der Waals surface area contributed by atoms with Gasteiger partial charge in [-0.3, -0.25) is 0 Å². The molecule has 0 aliphatic heterocycles. The van der Waals surface area contributed by atoms with E-state index in [9.17, 15) is 17.3 Å². The first kappa shape index (κ1) is 20.2. The Bertz CT molecular complexity index is 111. The molecule has 0 aromatic carbocycles. The maximum absolute atomic E-state index is 9.75. The summed E-state index contributed by atoms with van der Waals surface area (Å²) in [6, 6.07) is 0. The lowest BCUT2D eigenvalue weighted by Crippen LogP contribution is -2.47. The van der Waals surface area contributed by atoms with E-state index in [0.29, 0.717) is 0 Å². The van der Waals surface area contributed by atoms with Crippen LogP contribution in [0.15, 0.2) is 0 Å². The standard InChI is InChI=1S/C8H20N.CH4.BF4/c1-5-9(6-2,7-3)8-4;;2-1(3,4)5/h5-8H2,1-4H3;1H4;/q+1;;-1. The summed E-state index contributed by atoms with van der Waals surface area (Å²) < 4.78 is 40.3. The Morgan fingerprint density at radius 1 is 0.733 bits per heavy atom. The third-order valence-corrected chi connectivity index (χ3v) is 2.68. The minimum atomic E-state index is -6.00. The number of halogens is 4. The van der Waals surface area contributed by atoms with Crippen LogP contribution in [0, 0.1) is 0 Å². The molecule has 0 spiro atoms. The third-order valence-electron chi connectivity index (χ3n) is 2.68. The summed E-state index contributed by atoms with van der Waals surface area (Å²) in [7, 11) is -6.00. The van der Waals surface area contributed by atoms with Gasteiger partial charge >= 0.3 is 7.25 Å². The molecule has 0 amide bonds. The van der Waals surface area contributed by atoms with E-state index in [4.69, 9.17) is 0 Å². The highest BCUT2D eigenvalue weighted by Gasteiger charge is 2.20. The van der Waals surface area contributed by atoms with Crippen molar-refractivity contribution in [2.45, 2.75) is 35.1 Å². The summed E-state index contributed by atoms with van der Waals surface area (Å²) in [5, 5.41) is 0. The lowest BCUT2D eigenvalue weighted by Gasteiger charge is -2.34. The second-order valence-corrected chi connectivity index (χ2v) is 3.10. The van der Waals surface area contributed by atoms with Crippen molar-refractivity contribution < 1.29 is 21.7 Å². The number of rotatable bonds is 4. The van der Waals surface area contributed by atoms with Crippen LogP contribution in [-0.4, -0.2) is 37.9 Å². The van der Waals surface area contributed by atoms with E-state index in [-0.39, 0.29) is 7.43 Å². The van der Waals surface area contributed by atoms with Crippen molar-refractivity contribution >= 4 is 7.25 Å². The predicted octanol–water partition coefficient (Wildman–Crippen LogP) is 3.82. The second kappa shape index (κ2) is 9.01. The molecule has 0 heterocycles. The second-order valence-electron chi connectivity index (χ2n) is 3.10. The molecule has 0 saturated carbocycles. The third kappa shape index (κ3) is 13.7. The first-order valence-electron chi connectivity index (χ1n) is 4.97. The molecular formula is C9H24BF4N. The van der Waals surface area contributed by atoms with Gasteiger partial charge in [0.1, 0.15) is 0 Å². The average Bonchev–Trinajstić information content (AvgIpc) is 2.07. The van der Waals surface area contributed by atoms with Crippen LogP contribution in [0.1, 0.15) is 35.1 Å². The van der Waals surface area contributed by atoms with Crippen molar-refractivity contribution in [1.29, 1.82) is 0 Å². The van der Waals surface area contributed by atoms with Crippen molar-refractivity contribution in [2.75, 3.05) is 26.2 Å².